The number of rotatable bonds is 14. The van der Waals surface area contributed by atoms with Crippen molar-refractivity contribution < 1.29 is 65.9 Å². The Balaban J connectivity index is 0.000000168. The van der Waals surface area contributed by atoms with Gasteiger partial charge in [0.05, 0.1) is 13.2 Å². The quantitative estimate of drug-likeness (QED) is 0.118. The van der Waals surface area contributed by atoms with Gasteiger partial charge in [0, 0.05) is 23.7 Å². The van der Waals surface area contributed by atoms with Crippen LogP contribution in [0.15, 0.2) is 0 Å². The van der Waals surface area contributed by atoms with Crippen LogP contribution in [0.3, 0.4) is 0 Å². The lowest BCUT2D eigenvalue weighted by atomic mass is 9.49. The number of Topliss-reactive ketones (excluding diaryl/α,β-unsaturated/α-hetero) is 2. The Hall–Kier alpha value is -0.560. The lowest BCUT2D eigenvalue weighted by Gasteiger charge is -2.55. The minimum Gasteiger partial charge on any atom is -0.691 e. The molecule has 0 spiro atoms. The van der Waals surface area contributed by atoms with Crippen molar-refractivity contribution in [2.75, 3.05) is 26.4 Å². The molecule has 0 amide bonds. The maximum Gasteiger partial charge on any atom is 0.343 e. The maximum absolute atomic E-state index is 13.3. The Bertz CT molecular complexity index is 959. The number of carbonyl (C=O) groups is 2. The second-order valence-corrected chi connectivity index (χ2v) is 14.7. The Morgan fingerprint density at radius 1 is 0.738 bits per heavy atom. The molecule has 240 valence electrons. The highest BCUT2D eigenvalue weighted by atomic mass is 32.2. The molecule has 7 unspecified atom stereocenters. The van der Waals surface area contributed by atoms with E-state index in [4.69, 9.17) is 9.47 Å². The molecular weight excluding hydrogens is 612 g/mol. The summed E-state index contributed by atoms with van der Waals surface area (Å²) in [6.45, 7) is -1.30. The Morgan fingerprint density at radius 3 is 1.95 bits per heavy atom. The van der Waals surface area contributed by atoms with E-state index in [-0.39, 0.29) is 72.3 Å². The Morgan fingerprint density at radius 2 is 1.33 bits per heavy atom. The molecule has 8 aliphatic rings. The van der Waals surface area contributed by atoms with Crippen LogP contribution in [0.25, 0.3) is 0 Å². The lowest BCUT2D eigenvalue weighted by Crippen LogP contribution is -2.53. The predicted molar refractivity (Wildman–Crippen MR) is 133 cm³/mol. The first kappa shape index (κ1) is 32.8. The van der Waals surface area contributed by atoms with Crippen molar-refractivity contribution in [2.45, 2.75) is 68.3 Å². The first-order chi connectivity index (χ1) is 19.9. The average molecular weight is 647 g/mol. The van der Waals surface area contributed by atoms with Crippen LogP contribution in [-0.4, -0.2) is 48.5 Å². The molecule has 0 aromatic rings. The monoisotopic (exact) mass is 646 g/mol. The molecule has 0 saturated heterocycles. The summed E-state index contributed by atoms with van der Waals surface area (Å²) in [5.41, 5.74) is -0.124. The number of ketones is 2. The van der Waals surface area contributed by atoms with Crippen LogP contribution in [-0.2, 0) is 37.8 Å². The third-order valence-corrected chi connectivity index (χ3v) is 11.0. The molecule has 16 heteroatoms. The van der Waals surface area contributed by atoms with Crippen molar-refractivity contribution >= 4 is 35.7 Å². The standard InChI is InChI=1S/2C13H18F2O5S/c14-13(15,21-20-19-17)7-18-6-12-3-8-1-9(4-12)11(16)10(2-8)5-12;14-13(15,21-20-19-17)6-18-5-11-8-1-7-2-9(4-8)12(16)10(11)3-7/h8-10,17H,1-7H2;7-11,17H,1-6H2/p-2. The van der Waals surface area contributed by atoms with Gasteiger partial charge in [-0.25, -0.2) is 0 Å². The fraction of sp³-hybridized carbons (Fsp3) is 0.923. The lowest BCUT2D eigenvalue weighted by molar-refractivity contribution is -0.777. The zero-order valence-corrected chi connectivity index (χ0v) is 24.4. The van der Waals surface area contributed by atoms with E-state index >= 15 is 0 Å². The van der Waals surface area contributed by atoms with Crippen LogP contribution in [0.5, 0.6) is 0 Å². The molecular formula is C26H34F4O10S2-2. The minimum atomic E-state index is -3.35. The largest absolute Gasteiger partial charge is 0.691 e. The normalized spacial score (nSPS) is 38.2. The molecule has 0 aliphatic heterocycles. The molecule has 0 N–H and O–H groups in total. The zero-order chi connectivity index (χ0) is 30.1. The van der Waals surface area contributed by atoms with Gasteiger partial charge >= 0.3 is 10.5 Å². The van der Waals surface area contributed by atoms with Gasteiger partial charge in [-0.15, -0.1) is 0 Å². The first-order valence-corrected chi connectivity index (χ1v) is 15.7. The van der Waals surface area contributed by atoms with Crippen molar-refractivity contribution in [1.82, 2.24) is 0 Å². The van der Waals surface area contributed by atoms with Crippen molar-refractivity contribution in [3.05, 3.63) is 0 Å². The fourth-order valence-electron chi connectivity index (χ4n) is 8.96. The molecule has 0 aromatic heterocycles. The summed E-state index contributed by atoms with van der Waals surface area (Å²) >= 11 is -0.716. The van der Waals surface area contributed by atoms with Gasteiger partial charge in [-0.3, -0.25) is 19.7 Å². The molecule has 10 nitrogen and oxygen atoms in total. The summed E-state index contributed by atoms with van der Waals surface area (Å²) in [6, 6.07) is 0. The summed E-state index contributed by atoms with van der Waals surface area (Å²) in [4.78, 5) is 24.2. The van der Waals surface area contributed by atoms with Crippen LogP contribution in [0.4, 0.5) is 17.6 Å². The summed E-state index contributed by atoms with van der Waals surface area (Å²) in [5, 5.41) is 18.2. The second-order valence-electron chi connectivity index (χ2n) is 12.9. The second kappa shape index (κ2) is 13.4. The average Bonchev–Trinajstić information content (AvgIpc) is 2.93. The molecule has 0 radical (unpaired) electrons. The van der Waals surface area contributed by atoms with Crippen LogP contribution in [0.1, 0.15) is 57.8 Å². The summed E-state index contributed by atoms with van der Waals surface area (Å²) in [6.07, 6.45) is 8.28. The molecule has 8 bridgehead atoms. The van der Waals surface area contributed by atoms with Gasteiger partial charge in [0.1, 0.15) is 48.9 Å². The van der Waals surface area contributed by atoms with Crippen molar-refractivity contribution in [3.8, 4) is 0 Å². The van der Waals surface area contributed by atoms with E-state index in [0.29, 0.717) is 29.3 Å². The molecule has 8 saturated carbocycles. The molecule has 7 atom stereocenters. The topological polar surface area (TPSA) is 136 Å². The number of alkyl halides is 4. The van der Waals surface area contributed by atoms with E-state index in [9.17, 15) is 37.7 Å². The summed E-state index contributed by atoms with van der Waals surface area (Å²) < 4.78 is 70.6. The van der Waals surface area contributed by atoms with Crippen LogP contribution in [0, 0.1) is 52.8 Å². The smallest absolute Gasteiger partial charge is 0.343 e. The summed E-state index contributed by atoms with van der Waals surface area (Å²) in [5.74, 6) is 2.72. The first-order valence-electron chi connectivity index (χ1n) is 14.2. The predicted octanol–water partition coefficient (Wildman–Crippen LogP) is 3.58. The van der Waals surface area contributed by atoms with E-state index in [2.05, 4.69) is 18.7 Å². The molecule has 8 aliphatic carbocycles. The van der Waals surface area contributed by atoms with Gasteiger partial charge in [0.2, 0.25) is 0 Å². The van der Waals surface area contributed by atoms with E-state index in [1.807, 2.05) is 0 Å². The molecule has 42 heavy (non-hydrogen) atoms. The third kappa shape index (κ3) is 7.62. The van der Waals surface area contributed by atoms with Crippen molar-refractivity contribution in [2.24, 2.45) is 52.8 Å². The molecule has 8 fully saturated rings. The number of halogens is 4. The number of hydrogen-bond donors (Lipinski definition) is 0. The Labute approximate surface area is 248 Å². The van der Waals surface area contributed by atoms with Gasteiger partial charge in [0.25, 0.3) is 0 Å². The summed E-state index contributed by atoms with van der Waals surface area (Å²) in [7, 11) is 0. The van der Waals surface area contributed by atoms with E-state index < -0.39 is 23.7 Å². The van der Waals surface area contributed by atoms with E-state index in [0.717, 1.165) is 57.8 Å². The van der Waals surface area contributed by atoms with Crippen molar-refractivity contribution in [3.63, 3.8) is 0 Å². The zero-order valence-electron chi connectivity index (χ0n) is 22.7. The number of hydrogen-bond acceptors (Lipinski definition) is 12. The highest BCUT2D eigenvalue weighted by Crippen LogP contribution is 2.59. The van der Waals surface area contributed by atoms with E-state index in [1.54, 1.807) is 0 Å². The fourth-order valence-corrected chi connectivity index (χ4v) is 9.48. The van der Waals surface area contributed by atoms with Gasteiger partial charge in [-0.2, -0.15) is 26.2 Å². The van der Waals surface area contributed by atoms with Gasteiger partial charge in [-0.05, 0) is 86.9 Å². The Kier molecular flexibility index (Phi) is 10.5. The van der Waals surface area contributed by atoms with Gasteiger partial charge in [-0.1, -0.05) is 0 Å². The van der Waals surface area contributed by atoms with E-state index in [1.165, 1.54) is 0 Å². The minimum absolute atomic E-state index is 0.0104. The van der Waals surface area contributed by atoms with Crippen LogP contribution >= 0.6 is 24.1 Å². The number of ether oxygens (including phenoxy) is 2. The van der Waals surface area contributed by atoms with Gasteiger partial charge in [0.15, 0.2) is 0 Å². The maximum atomic E-state index is 13.3. The highest BCUT2D eigenvalue weighted by Gasteiger charge is 2.55. The molecule has 0 aromatic carbocycles. The molecule has 0 heterocycles. The van der Waals surface area contributed by atoms with Crippen molar-refractivity contribution in [1.29, 1.82) is 0 Å². The highest BCUT2D eigenvalue weighted by molar-refractivity contribution is 7.95. The number of carbonyl (C=O) groups excluding carboxylic acids is 2. The molecule has 8 rings (SSSR count). The third-order valence-electron chi connectivity index (χ3n) is 10.1. The van der Waals surface area contributed by atoms with Crippen LogP contribution < -0.4 is 10.5 Å². The van der Waals surface area contributed by atoms with Crippen LogP contribution in [0.2, 0.25) is 0 Å². The van der Waals surface area contributed by atoms with Gasteiger partial charge < -0.3 is 20.0 Å². The SMILES string of the molecule is O=C1C2CC3CC(C2)C(COCC(F)(F)SOO[O-])C1C3.O=C1C2CC3CC1CC(COCC(F)(F)SOO[O-])(C3)C2.